The van der Waals surface area contributed by atoms with Crippen LogP contribution >= 0.6 is 11.8 Å². The minimum absolute atomic E-state index is 0.894. The Morgan fingerprint density at radius 2 is 1.65 bits per heavy atom. The Labute approximate surface area is 125 Å². The number of anilines is 1. The van der Waals surface area contributed by atoms with Crippen LogP contribution in [0.4, 0.5) is 5.69 Å². The van der Waals surface area contributed by atoms with Crippen LogP contribution in [0.5, 0.6) is 0 Å². The lowest BCUT2D eigenvalue weighted by Gasteiger charge is -2.07. The fourth-order valence-electron chi connectivity index (χ4n) is 1.83. The van der Waals surface area contributed by atoms with Crippen molar-refractivity contribution >= 4 is 17.4 Å². The third-order valence-corrected chi connectivity index (χ3v) is 4.20. The molecule has 0 aliphatic rings. The van der Waals surface area contributed by atoms with Crippen molar-refractivity contribution in [2.75, 3.05) is 17.6 Å². The number of nitrogens with zero attached hydrogens (tertiary/aromatic N) is 2. The third-order valence-electron chi connectivity index (χ3n) is 3.27. The maximum atomic E-state index is 4.52. The van der Waals surface area contributed by atoms with Crippen molar-refractivity contribution in [1.82, 2.24) is 9.97 Å². The number of para-hydroxylation sites is 1. The van der Waals surface area contributed by atoms with Gasteiger partial charge in [-0.3, -0.25) is 0 Å². The molecule has 0 saturated carbocycles. The van der Waals surface area contributed by atoms with Crippen molar-refractivity contribution in [2.24, 2.45) is 0 Å². The van der Waals surface area contributed by atoms with E-state index in [1.165, 1.54) is 11.3 Å². The monoisotopic (exact) mass is 287 g/mol. The van der Waals surface area contributed by atoms with Gasteiger partial charge in [0.05, 0.1) is 0 Å². The number of hydrogen-bond acceptors (Lipinski definition) is 4. The standard InChI is InChI=1S/C16H21N3S/c1-12-13(2)18-16(19-14(12)3)20-11-7-10-17-15-8-5-4-6-9-15/h4-6,8-9,17H,7,10-11H2,1-3H3. The van der Waals surface area contributed by atoms with Crippen LogP contribution in [-0.4, -0.2) is 22.3 Å². The molecule has 0 amide bonds. The first kappa shape index (κ1) is 14.9. The Hall–Kier alpha value is -1.55. The van der Waals surface area contributed by atoms with E-state index in [1.54, 1.807) is 11.8 Å². The lowest BCUT2D eigenvalue weighted by Crippen LogP contribution is -2.03. The fraction of sp³-hybridized carbons (Fsp3) is 0.375. The average Bonchev–Trinajstić information content (AvgIpc) is 2.45. The minimum atomic E-state index is 0.894. The van der Waals surface area contributed by atoms with Crippen LogP contribution < -0.4 is 5.32 Å². The molecule has 4 heteroatoms. The first-order valence-electron chi connectivity index (χ1n) is 6.90. The van der Waals surface area contributed by atoms with Crippen LogP contribution in [0.1, 0.15) is 23.4 Å². The summed E-state index contributed by atoms with van der Waals surface area (Å²) in [5.41, 5.74) is 4.54. The van der Waals surface area contributed by atoms with Gasteiger partial charge in [-0.25, -0.2) is 9.97 Å². The summed E-state index contributed by atoms with van der Waals surface area (Å²) >= 11 is 1.73. The molecule has 106 valence electrons. The topological polar surface area (TPSA) is 37.8 Å². The van der Waals surface area contributed by atoms with Crippen LogP contribution in [-0.2, 0) is 0 Å². The number of aromatic nitrogens is 2. The number of nitrogens with one attached hydrogen (secondary N) is 1. The highest BCUT2D eigenvalue weighted by Gasteiger charge is 2.04. The molecular formula is C16H21N3S. The molecule has 0 aliphatic heterocycles. The quantitative estimate of drug-likeness (QED) is 0.495. The lowest BCUT2D eigenvalue weighted by molar-refractivity contribution is 0.877. The highest BCUT2D eigenvalue weighted by atomic mass is 32.2. The molecule has 3 nitrogen and oxygen atoms in total. The van der Waals surface area contributed by atoms with E-state index in [-0.39, 0.29) is 0 Å². The molecule has 0 atom stereocenters. The number of rotatable bonds is 6. The van der Waals surface area contributed by atoms with Crippen molar-refractivity contribution in [1.29, 1.82) is 0 Å². The smallest absolute Gasteiger partial charge is 0.187 e. The number of thioether (sulfide) groups is 1. The second kappa shape index (κ2) is 7.29. The number of hydrogen-bond donors (Lipinski definition) is 1. The highest BCUT2D eigenvalue weighted by Crippen LogP contribution is 2.17. The normalized spacial score (nSPS) is 10.6. The van der Waals surface area contributed by atoms with E-state index in [0.717, 1.165) is 35.3 Å². The van der Waals surface area contributed by atoms with Gasteiger partial charge in [0.2, 0.25) is 0 Å². The van der Waals surface area contributed by atoms with Crippen molar-refractivity contribution in [2.45, 2.75) is 32.3 Å². The molecule has 1 aromatic carbocycles. The first-order chi connectivity index (χ1) is 9.66. The summed E-state index contributed by atoms with van der Waals surface area (Å²) in [6, 6.07) is 10.3. The van der Waals surface area contributed by atoms with Crippen LogP contribution in [0.25, 0.3) is 0 Å². The van der Waals surface area contributed by atoms with Crippen LogP contribution in [0.2, 0.25) is 0 Å². The Morgan fingerprint density at radius 3 is 2.30 bits per heavy atom. The summed E-state index contributed by atoms with van der Waals surface area (Å²) in [5.74, 6) is 1.03. The second-order valence-electron chi connectivity index (χ2n) is 4.80. The van der Waals surface area contributed by atoms with E-state index < -0.39 is 0 Å². The summed E-state index contributed by atoms with van der Waals surface area (Å²) in [6.45, 7) is 7.14. The van der Waals surface area contributed by atoms with Gasteiger partial charge in [0.1, 0.15) is 0 Å². The Kier molecular flexibility index (Phi) is 5.41. The molecule has 0 bridgehead atoms. The van der Waals surface area contributed by atoms with Gasteiger partial charge in [-0.05, 0) is 44.9 Å². The van der Waals surface area contributed by atoms with Gasteiger partial charge in [-0.15, -0.1) is 0 Å². The molecule has 0 aliphatic carbocycles. The molecule has 1 aromatic heterocycles. The van der Waals surface area contributed by atoms with Gasteiger partial charge in [0.25, 0.3) is 0 Å². The molecule has 0 spiro atoms. The highest BCUT2D eigenvalue weighted by molar-refractivity contribution is 7.99. The zero-order chi connectivity index (χ0) is 14.4. The van der Waals surface area contributed by atoms with E-state index >= 15 is 0 Å². The Balaban J connectivity index is 1.74. The van der Waals surface area contributed by atoms with Crippen molar-refractivity contribution < 1.29 is 0 Å². The predicted octanol–water partition coefficient (Wildman–Crippen LogP) is 4.00. The fourth-order valence-corrected chi connectivity index (χ4v) is 2.70. The van der Waals surface area contributed by atoms with E-state index in [4.69, 9.17) is 0 Å². The largest absolute Gasteiger partial charge is 0.385 e. The van der Waals surface area contributed by atoms with Gasteiger partial charge in [0, 0.05) is 29.4 Å². The summed E-state index contributed by atoms with van der Waals surface area (Å²) in [6.07, 6.45) is 1.09. The van der Waals surface area contributed by atoms with Gasteiger partial charge in [-0.1, -0.05) is 30.0 Å². The van der Waals surface area contributed by atoms with Gasteiger partial charge in [0.15, 0.2) is 5.16 Å². The Bertz CT molecular complexity index is 532. The zero-order valence-electron chi connectivity index (χ0n) is 12.3. The number of benzene rings is 1. The van der Waals surface area contributed by atoms with Crippen LogP contribution in [0.15, 0.2) is 35.5 Å². The van der Waals surface area contributed by atoms with Gasteiger partial charge >= 0.3 is 0 Å². The molecule has 0 radical (unpaired) electrons. The first-order valence-corrected chi connectivity index (χ1v) is 7.89. The van der Waals surface area contributed by atoms with E-state index in [2.05, 4.69) is 34.3 Å². The van der Waals surface area contributed by atoms with Crippen LogP contribution in [0.3, 0.4) is 0 Å². The average molecular weight is 287 g/mol. The molecule has 0 unspecified atom stereocenters. The summed E-state index contributed by atoms with van der Waals surface area (Å²) < 4.78 is 0. The maximum absolute atomic E-state index is 4.52. The molecule has 2 aromatic rings. The molecule has 1 heterocycles. The SMILES string of the molecule is Cc1nc(SCCCNc2ccccc2)nc(C)c1C. The molecule has 20 heavy (non-hydrogen) atoms. The molecule has 2 rings (SSSR count). The molecule has 1 N–H and O–H groups in total. The van der Waals surface area contributed by atoms with Crippen LogP contribution in [0, 0.1) is 20.8 Å². The van der Waals surface area contributed by atoms with Crippen molar-refractivity contribution in [3.8, 4) is 0 Å². The lowest BCUT2D eigenvalue weighted by atomic mass is 10.2. The second-order valence-corrected chi connectivity index (χ2v) is 5.86. The molecule has 0 saturated heterocycles. The third kappa shape index (κ3) is 4.23. The van der Waals surface area contributed by atoms with Crippen molar-refractivity contribution in [3.63, 3.8) is 0 Å². The molecular weight excluding hydrogens is 266 g/mol. The summed E-state index contributed by atoms with van der Waals surface area (Å²) in [4.78, 5) is 9.04. The van der Waals surface area contributed by atoms with E-state index in [0.29, 0.717) is 0 Å². The minimum Gasteiger partial charge on any atom is -0.385 e. The van der Waals surface area contributed by atoms with Gasteiger partial charge in [-0.2, -0.15) is 0 Å². The zero-order valence-corrected chi connectivity index (χ0v) is 13.1. The number of aryl methyl sites for hydroxylation is 2. The van der Waals surface area contributed by atoms with E-state index in [9.17, 15) is 0 Å². The maximum Gasteiger partial charge on any atom is 0.187 e. The summed E-state index contributed by atoms with van der Waals surface area (Å²) in [7, 11) is 0. The van der Waals surface area contributed by atoms with E-state index in [1.807, 2.05) is 32.0 Å². The Morgan fingerprint density at radius 1 is 1.00 bits per heavy atom. The van der Waals surface area contributed by atoms with Gasteiger partial charge < -0.3 is 5.32 Å². The van der Waals surface area contributed by atoms with Crippen molar-refractivity contribution in [3.05, 3.63) is 47.3 Å². The predicted molar refractivity (Wildman–Crippen MR) is 86.5 cm³/mol. The molecule has 0 fully saturated rings. The summed E-state index contributed by atoms with van der Waals surface area (Å²) in [5, 5.41) is 4.30.